The van der Waals surface area contributed by atoms with E-state index in [9.17, 15) is 0 Å². The molecule has 0 saturated heterocycles. The number of anilines is 6. The zero-order valence-corrected chi connectivity index (χ0v) is 45.7. The molecule has 394 valence electrons. The molecule has 2 aromatic heterocycles. The maximum Gasteiger partial charge on any atom is 0.143 e. The van der Waals surface area contributed by atoms with Crippen LogP contribution in [0.15, 0.2) is 324 Å². The van der Waals surface area contributed by atoms with E-state index in [1.165, 1.54) is 21.5 Å². The molecule has 0 atom stereocenters. The summed E-state index contributed by atoms with van der Waals surface area (Å²) in [5.74, 6) is 1.70. The summed E-state index contributed by atoms with van der Waals surface area (Å²) in [4.78, 5) is 4.83. The number of benzene rings is 14. The van der Waals surface area contributed by atoms with Crippen molar-refractivity contribution in [2.24, 2.45) is 0 Å². The van der Waals surface area contributed by atoms with Crippen molar-refractivity contribution in [3.05, 3.63) is 315 Å². The smallest absolute Gasteiger partial charge is 0.143 e. The summed E-state index contributed by atoms with van der Waals surface area (Å²) < 4.78 is 14.1. The molecule has 0 unspecified atom stereocenters. The van der Waals surface area contributed by atoms with Crippen LogP contribution in [0.2, 0.25) is 0 Å². The van der Waals surface area contributed by atoms with Crippen LogP contribution in [0, 0.1) is 0 Å². The first-order valence-electron chi connectivity index (χ1n) is 28.6. The number of hydrogen-bond acceptors (Lipinski definition) is 4. The van der Waals surface area contributed by atoms with Gasteiger partial charge < -0.3 is 18.6 Å². The van der Waals surface area contributed by atoms with Crippen LogP contribution in [0.3, 0.4) is 0 Å². The summed E-state index contributed by atoms with van der Waals surface area (Å²) >= 11 is 0. The third-order valence-electron chi connectivity index (χ3n) is 16.6. The van der Waals surface area contributed by atoms with Gasteiger partial charge in [0, 0.05) is 78.7 Å². The Balaban J connectivity index is 0.912. The van der Waals surface area contributed by atoms with Gasteiger partial charge in [-0.2, -0.15) is 0 Å². The molecule has 0 fully saturated rings. The van der Waals surface area contributed by atoms with Crippen LogP contribution >= 0.6 is 0 Å². The van der Waals surface area contributed by atoms with Gasteiger partial charge in [-0.3, -0.25) is 0 Å². The minimum Gasteiger partial charge on any atom is -0.455 e. The van der Waals surface area contributed by atoms with E-state index in [0.29, 0.717) is 0 Å². The zero-order chi connectivity index (χ0) is 55.5. The number of hydrogen-bond donors (Lipinski definition) is 0. The first kappa shape index (κ1) is 48.7. The lowest BCUT2D eigenvalue weighted by atomic mass is 9.91. The van der Waals surface area contributed by atoms with Crippen molar-refractivity contribution in [2.75, 3.05) is 9.80 Å². The van der Waals surface area contributed by atoms with Crippen molar-refractivity contribution in [3.8, 4) is 67.2 Å². The minimum atomic E-state index is 0.813. The Morgan fingerprint density at radius 3 is 0.905 bits per heavy atom. The molecular weight excluding hydrogens is 1020 g/mol. The monoisotopic (exact) mass is 1070 g/mol. The molecular formula is C80H52N2O2. The Labute approximate surface area is 486 Å². The van der Waals surface area contributed by atoms with Crippen molar-refractivity contribution in [3.63, 3.8) is 0 Å². The summed E-state index contributed by atoms with van der Waals surface area (Å²) in [6.07, 6.45) is 0. The average molecular weight is 1070 g/mol. The molecule has 0 spiro atoms. The Hall–Kier alpha value is -11.2. The molecule has 0 aliphatic carbocycles. The lowest BCUT2D eigenvalue weighted by Crippen LogP contribution is -2.11. The highest BCUT2D eigenvalue weighted by Gasteiger charge is 2.26. The van der Waals surface area contributed by atoms with Crippen molar-refractivity contribution >= 4 is 88.4 Å². The number of furan rings is 2. The summed E-state index contributed by atoms with van der Waals surface area (Å²) in [5, 5.41) is 9.12. The van der Waals surface area contributed by atoms with Gasteiger partial charge in [-0.05, 0) is 116 Å². The maximum atomic E-state index is 7.05. The first-order valence-corrected chi connectivity index (χ1v) is 28.6. The quantitative estimate of drug-likeness (QED) is 0.114. The van der Waals surface area contributed by atoms with Crippen LogP contribution in [0.5, 0.6) is 0 Å². The summed E-state index contributed by atoms with van der Waals surface area (Å²) in [6.45, 7) is 0. The zero-order valence-electron chi connectivity index (χ0n) is 45.7. The van der Waals surface area contributed by atoms with Gasteiger partial charge in [0.25, 0.3) is 0 Å². The molecule has 84 heavy (non-hydrogen) atoms. The van der Waals surface area contributed by atoms with Crippen molar-refractivity contribution in [2.45, 2.75) is 0 Å². The Morgan fingerprint density at radius 2 is 0.524 bits per heavy atom. The molecule has 16 rings (SSSR count). The molecule has 4 nitrogen and oxygen atoms in total. The van der Waals surface area contributed by atoms with E-state index in [0.717, 1.165) is 134 Å². The first-order chi connectivity index (χ1) is 41.7. The second-order valence-corrected chi connectivity index (χ2v) is 21.5. The highest BCUT2D eigenvalue weighted by Crippen LogP contribution is 2.51. The third kappa shape index (κ3) is 8.39. The van der Waals surface area contributed by atoms with E-state index >= 15 is 0 Å². The van der Waals surface area contributed by atoms with Gasteiger partial charge >= 0.3 is 0 Å². The van der Waals surface area contributed by atoms with Crippen LogP contribution in [0.4, 0.5) is 34.1 Å². The van der Waals surface area contributed by atoms with Crippen molar-refractivity contribution in [1.82, 2.24) is 0 Å². The lowest BCUT2D eigenvalue weighted by Gasteiger charge is -2.29. The molecule has 4 heteroatoms. The van der Waals surface area contributed by atoms with Gasteiger partial charge in [0.05, 0.1) is 11.4 Å². The number of rotatable bonds is 12. The number of nitrogens with zero attached hydrogens (tertiary/aromatic N) is 2. The predicted octanol–water partition coefficient (Wildman–Crippen LogP) is 23.0. The van der Waals surface area contributed by atoms with E-state index in [-0.39, 0.29) is 0 Å². The number of fused-ring (bicyclic) bond motifs is 2. The van der Waals surface area contributed by atoms with E-state index < -0.39 is 0 Å². The normalized spacial score (nSPS) is 11.6. The van der Waals surface area contributed by atoms with E-state index in [1.54, 1.807) is 0 Å². The fourth-order valence-corrected chi connectivity index (χ4v) is 12.7. The highest BCUT2D eigenvalue weighted by atomic mass is 16.3. The van der Waals surface area contributed by atoms with Crippen LogP contribution in [0.1, 0.15) is 0 Å². The Kier molecular flexibility index (Phi) is 11.8. The lowest BCUT2D eigenvalue weighted by molar-refractivity contribution is 0.632. The molecule has 0 radical (unpaired) electrons. The Morgan fingerprint density at radius 1 is 0.214 bits per heavy atom. The third-order valence-corrected chi connectivity index (χ3v) is 16.6. The molecule has 0 aliphatic heterocycles. The van der Waals surface area contributed by atoms with Crippen LogP contribution in [-0.2, 0) is 0 Å². The second-order valence-electron chi connectivity index (χ2n) is 21.5. The maximum absolute atomic E-state index is 7.05. The van der Waals surface area contributed by atoms with Gasteiger partial charge in [-0.15, -0.1) is 0 Å². The summed E-state index contributed by atoms with van der Waals surface area (Å²) in [5.41, 5.74) is 18.8. The molecule has 14 aromatic carbocycles. The Bertz CT molecular complexity index is 4730. The van der Waals surface area contributed by atoms with Crippen LogP contribution < -0.4 is 9.80 Å². The fraction of sp³-hybridized carbons (Fsp3) is 0. The van der Waals surface area contributed by atoms with Gasteiger partial charge in [0.15, 0.2) is 0 Å². The highest BCUT2D eigenvalue weighted by molar-refractivity contribution is 6.28. The molecule has 0 bridgehead atoms. The average Bonchev–Trinajstić information content (AvgIpc) is 1.10. The minimum absolute atomic E-state index is 0.813. The van der Waals surface area contributed by atoms with Crippen LogP contribution in [0.25, 0.3) is 121 Å². The largest absolute Gasteiger partial charge is 0.455 e. The SMILES string of the molecule is c1ccc(-c2cccc(N(c3ccc4c(-c5ccccc5)c(-c5ccccc5)oc4c3)c3ccc4ccc5c(N(c6cccc(-c7ccccc7)c6)c6ccc7c(-c8ccccc8)c(-c8ccccc8)oc7c6)ccc6ccc3c4c65)c2)cc1. The van der Waals surface area contributed by atoms with E-state index in [1.807, 2.05) is 0 Å². The van der Waals surface area contributed by atoms with E-state index in [4.69, 9.17) is 8.83 Å². The molecule has 0 aliphatic rings. The van der Waals surface area contributed by atoms with Crippen molar-refractivity contribution < 1.29 is 8.83 Å². The molecule has 0 saturated carbocycles. The van der Waals surface area contributed by atoms with Gasteiger partial charge in [-0.1, -0.05) is 243 Å². The van der Waals surface area contributed by atoms with E-state index in [2.05, 4.69) is 325 Å². The summed E-state index contributed by atoms with van der Waals surface area (Å²) in [7, 11) is 0. The van der Waals surface area contributed by atoms with Gasteiger partial charge in [-0.25, -0.2) is 0 Å². The standard InChI is InChI=1S/C80H52N2O2/c1-7-21-53(22-8-1)61-33-19-35-63(49-61)81(65-41-45-69-73(51-65)83-79(59-29-15-5-16-30-59)77(69)55-25-11-3-12-26-55)71-47-39-57-38-44-68-72(48-40-58-37-43-67(71)75(57)76(58)68)82(64-36-20-34-62(50-64)54-23-9-2-10-24-54)66-42-46-70-74(52-66)84-80(60-31-17-6-18-32-60)78(70)56-27-13-4-14-28-56/h1-52H. The molecule has 2 heterocycles. The molecule has 0 N–H and O–H groups in total. The second kappa shape index (κ2) is 20.4. The van der Waals surface area contributed by atoms with Gasteiger partial charge in [0.2, 0.25) is 0 Å². The fourth-order valence-electron chi connectivity index (χ4n) is 12.7. The van der Waals surface area contributed by atoms with Gasteiger partial charge in [0.1, 0.15) is 22.7 Å². The predicted molar refractivity (Wildman–Crippen MR) is 352 cm³/mol. The molecule has 0 amide bonds. The topological polar surface area (TPSA) is 32.8 Å². The van der Waals surface area contributed by atoms with Crippen LogP contribution in [-0.4, -0.2) is 0 Å². The summed E-state index contributed by atoms with van der Waals surface area (Å²) in [6, 6.07) is 113. The molecule has 16 aromatic rings. The van der Waals surface area contributed by atoms with Crippen molar-refractivity contribution in [1.29, 1.82) is 0 Å².